The lowest BCUT2D eigenvalue weighted by Gasteiger charge is -2.21. The van der Waals surface area contributed by atoms with Crippen LogP contribution in [-0.2, 0) is 0 Å². The molecule has 4 nitrogen and oxygen atoms in total. The van der Waals surface area contributed by atoms with Crippen LogP contribution in [-0.4, -0.2) is 17.8 Å². The van der Waals surface area contributed by atoms with E-state index >= 15 is 0 Å². The molecule has 132 valence electrons. The zero-order valence-electron chi connectivity index (χ0n) is 15.1. The normalized spacial score (nSPS) is 16.7. The average Bonchev–Trinajstić information content (AvgIpc) is 3.29. The summed E-state index contributed by atoms with van der Waals surface area (Å²) >= 11 is 1.64. The molecule has 0 saturated heterocycles. The summed E-state index contributed by atoms with van der Waals surface area (Å²) < 4.78 is 5.37. The van der Waals surface area contributed by atoms with E-state index in [4.69, 9.17) is 9.84 Å². The number of hydrogen-bond acceptors (Lipinski definition) is 5. The third-order valence-corrected chi connectivity index (χ3v) is 5.53. The van der Waals surface area contributed by atoms with Crippen LogP contribution in [0.2, 0.25) is 0 Å². The number of hydrazone groups is 1. The first-order chi connectivity index (χ1) is 12.6. The molecule has 0 saturated carbocycles. The second-order valence-corrected chi connectivity index (χ2v) is 7.36. The van der Waals surface area contributed by atoms with E-state index in [1.54, 1.807) is 18.4 Å². The van der Waals surface area contributed by atoms with Crippen LogP contribution in [0.3, 0.4) is 0 Å². The molecule has 1 aliphatic heterocycles. The Balaban J connectivity index is 1.73. The van der Waals surface area contributed by atoms with Gasteiger partial charge >= 0.3 is 0 Å². The number of aromatic nitrogens is 1. The third-order valence-electron chi connectivity index (χ3n) is 4.58. The quantitative estimate of drug-likeness (QED) is 0.645. The first kappa shape index (κ1) is 16.8. The monoisotopic (exact) mass is 363 g/mol. The van der Waals surface area contributed by atoms with Crippen molar-refractivity contribution < 1.29 is 4.74 Å². The maximum atomic E-state index is 5.37. The fourth-order valence-corrected chi connectivity index (χ4v) is 3.96. The summed E-state index contributed by atoms with van der Waals surface area (Å²) in [6.07, 6.45) is 0.842. The van der Waals surface area contributed by atoms with E-state index in [2.05, 4.69) is 52.6 Å². The molecule has 2 aromatic carbocycles. The van der Waals surface area contributed by atoms with E-state index in [1.807, 2.05) is 25.1 Å². The Bertz CT molecular complexity index is 946. The molecule has 5 heteroatoms. The Morgan fingerprint density at radius 2 is 1.92 bits per heavy atom. The Kier molecular flexibility index (Phi) is 4.47. The summed E-state index contributed by atoms with van der Waals surface area (Å²) in [5.41, 5.74) is 5.69. The fraction of sp³-hybridized carbons (Fsp3) is 0.238. The lowest BCUT2D eigenvalue weighted by Crippen LogP contribution is -2.18. The Morgan fingerprint density at radius 3 is 2.62 bits per heavy atom. The van der Waals surface area contributed by atoms with Crippen LogP contribution in [0.4, 0.5) is 5.13 Å². The molecule has 0 fully saturated rings. The molecule has 1 unspecified atom stereocenters. The maximum absolute atomic E-state index is 5.37. The minimum absolute atomic E-state index is 0.155. The number of nitrogens with zero attached hydrogens (tertiary/aromatic N) is 3. The van der Waals surface area contributed by atoms with Crippen molar-refractivity contribution in [3.8, 4) is 5.75 Å². The van der Waals surface area contributed by atoms with Gasteiger partial charge in [0, 0.05) is 17.4 Å². The molecule has 0 radical (unpaired) electrons. The van der Waals surface area contributed by atoms with Crippen molar-refractivity contribution >= 4 is 22.2 Å². The molecule has 2 heterocycles. The van der Waals surface area contributed by atoms with Crippen molar-refractivity contribution in [2.45, 2.75) is 26.3 Å². The first-order valence-electron chi connectivity index (χ1n) is 8.64. The smallest absolute Gasteiger partial charge is 0.206 e. The lowest BCUT2D eigenvalue weighted by atomic mass is 9.98. The second-order valence-electron chi connectivity index (χ2n) is 6.53. The van der Waals surface area contributed by atoms with E-state index in [0.717, 1.165) is 34.3 Å². The van der Waals surface area contributed by atoms with E-state index in [1.165, 1.54) is 11.1 Å². The molecule has 0 aliphatic carbocycles. The van der Waals surface area contributed by atoms with Gasteiger partial charge in [0.15, 0.2) is 0 Å². The summed E-state index contributed by atoms with van der Waals surface area (Å²) in [5.74, 6) is 0.848. The SMILES string of the molecule is COc1cccc(C2=NN(c3nc(C)cs3)C(c3ccc(C)cc3)C2)c1. The maximum Gasteiger partial charge on any atom is 0.206 e. The molecular weight excluding hydrogens is 342 g/mol. The van der Waals surface area contributed by atoms with Crippen molar-refractivity contribution in [3.63, 3.8) is 0 Å². The first-order valence-corrected chi connectivity index (χ1v) is 9.52. The molecule has 0 N–H and O–H groups in total. The van der Waals surface area contributed by atoms with E-state index in [0.29, 0.717) is 0 Å². The van der Waals surface area contributed by atoms with Crippen molar-refractivity contribution in [1.29, 1.82) is 0 Å². The highest BCUT2D eigenvalue weighted by molar-refractivity contribution is 7.13. The van der Waals surface area contributed by atoms with E-state index in [9.17, 15) is 0 Å². The summed E-state index contributed by atoms with van der Waals surface area (Å²) in [7, 11) is 1.69. The highest BCUT2D eigenvalue weighted by Crippen LogP contribution is 2.38. The molecule has 26 heavy (non-hydrogen) atoms. The molecule has 1 aromatic heterocycles. The van der Waals surface area contributed by atoms with Gasteiger partial charge in [-0.3, -0.25) is 0 Å². The number of hydrogen-bond donors (Lipinski definition) is 0. The Morgan fingerprint density at radius 1 is 1.12 bits per heavy atom. The fourth-order valence-electron chi connectivity index (χ4n) is 3.16. The van der Waals surface area contributed by atoms with Crippen LogP contribution >= 0.6 is 11.3 Å². The van der Waals surface area contributed by atoms with Crippen LogP contribution in [0.25, 0.3) is 0 Å². The van der Waals surface area contributed by atoms with E-state index in [-0.39, 0.29) is 6.04 Å². The molecule has 0 spiro atoms. The topological polar surface area (TPSA) is 37.7 Å². The number of thiazole rings is 1. The van der Waals surface area contributed by atoms with E-state index < -0.39 is 0 Å². The van der Waals surface area contributed by atoms with Crippen LogP contribution in [0.5, 0.6) is 5.75 Å². The van der Waals surface area contributed by atoms with Gasteiger partial charge in [-0.05, 0) is 31.5 Å². The van der Waals surface area contributed by atoms with Crippen LogP contribution in [0.15, 0.2) is 59.0 Å². The van der Waals surface area contributed by atoms with Gasteiger partial charge in [-0.15, -0.1) is 11.3 Å². The predicted molar refractivity (Wildman–Crippen MR) is 107 cm³/mol. The zero-order valence-corrected chi connectivity index (χ0v) is 16.0. The van der Waals surface area contributed by atoms with Gasteiger partial charge in [0.1, 0.15) is 5.75 Å². The Labute approximate surface area is 157 Å². The number of ether oxygens (including phenoxy) is 1. The molecular formula is C21H21N3OS. The largest absolute Gasteiger partial charge is 0.497 e. The van der Waals surface area contributed by atoms with Gasteiger partial charge in [0.05, 0.1) is 24.6 Å². The van der Waals surface area contributed by atoms with Crippen LogP contribution in [0, 0.1) is 13.8 Å². The number of benzene rings is 2. The van der Waals surface area contributed by atoms with Crippen molar-refractivity contribution in [3.05, 3.63) is 76.3 Å². The summed E-state index contributed by atoms with van der Waals surface area (Å²) in [5, 5.41) is 10.0. The highest BCUT2D eigenvalue weighted by atomic mass is 32.1. The summed E-state index contributed by atoms with van der Waals surface area (Å²) in [6, 6.07) is 16.9. The average molecular weight is 363 g/mol. The van der Waals surface area contributed by atoms with Gasteiger partial charge in [-0.1, -0.05) is 42.0 Å². The molecule has 0 amide bonds. The van der Waals surface area contributed by atoms with Crippen molar-refractivity contribution in [1.82, 2.24) is 4.98 Å². The zero-order chi connectivity index (χ0) is 18.1. The molecule has 0 bridgehead atoms. The third kappa shape index (κ3) is 3.22. The standard InChI is InChI=1S/C21H21N3OS/c1-14-7-9-16(10-8-14)20-12-19(17-5-4-6-18(11-17)25-3)23-24(20)21-22-15(2)13-26-21/h4-11,13,20H,12H2,1-3H3. The number of aryl methyl sites for hydroxylation is 2. The summed E-state index contributed by atoms with van der Waals surface area (Å²) in [6.45, 7) is 4.13. The highest BCUT2D eigenvalue weighted by Gasteiger charge is 2.31. The molecule has 3 aromatic rings. The predicted octanol–water partition coefficient (Wildman–Crippen LogP) is 5.12. The lowest BCUT2D eigenvalue weighted by molar-refractivity contribution is 0.414. The van der Waals surface area contributed by atoms with Crippen molar-refractivity contribution in [2.24, 2.45) is 5.10 Å². The molecule has 4 rings (SSSR count). The summed E-state index contributed by atoms with van der Waals surface area (Å²) in [4.78, 5) is 4.66. The second kappa shape index (κ2) is 6.92. The number of methoxy groups -OCH3 is 1. The van der Waals surface area contributed by atoms with Gasteiger partial charge in [-0.2, -0.15) is 5.10 Å². The number of anilines is 1. The Hall–Kier alpha value is -2.66. The minimum atomic E-state index is 0.155. The van der Waals surface area contributed by atoms with Gasteiger partial charge in [0.25, 0.3) is 0 Å². The van der Waals surface area contributed by atoms with Gasteiger partial charge in [0.2, 0.25) is 5.13 Å². The number of rotatable bonds is 4. The van der Waals surface area contributed by atoms with Crippen molar-refractivity contribution in [2.75, 3.05) is 12.1 Å². The molecule has 1 atom stereocenters. The minimum Gasteiger partial charge on any atom is -0.497 e. The van der Waals surface area contributed by atoms with Gasteiger partial charge in [-0.25, -0.2) is 9.99 Å². The van der Waals surface area contributed by atoms with Crippen LogP contribution < -0.4 is 9.75 Å². The van der Waals surface area contributed by atoms with Crippen LogP contribution in [0.1, 0.15) is 34.8 Å². The molecule has 1 aliphatic rings. The van der Waals surface area contributed by atoms with Gasteiger partial charge < -0.3 is 4.74 Å².